The first-order valence-corrected chi connectivity index (χ1v) is 5.71. The van der Waals surface area contributed by atoms with Gasteiger partial charge in [0, 0.05) is 0 Å². The van der Waals surface area contributed by atoms with E-state index in [1.807, 2.05) is 6.08 Å². The first kappa shape index (κ1) is 13.7. The minimum atomic E-state index is -0.703. The molecule has 0 amide bonds. The molecule has 0 rings (SSSR count). The Morgan fingerprint density at radius 2 is 1.71 bits per heavy atom. The second-order valence-corrected chi connectivity index (χ2v) is 3.86. The van der Waals surface area contributed by atoms with Gasteiger partial charge in [0.15, 0.2) is 0 Å². The van der Waals surface area contributed by atoms with Crippen molar-refractivity contribution in [2.45, 2.75) is 64.6 Å². The molecule has 0 aliphatic heterocycles. The monoisotopic (exact) mass is 200 g/mol. The van der Waals surface area contributed by atoms with Crippen molar-refractivity contribution in [1.82, 2.24) is 0 Å². The molecule has 0 aromatic rings. The van der Waals surface area contributed by atoms with Gasteiger partial charge in [-0.1, -0.05) is 44.8 Å². The molecule has 2 N–H and O–H groups in total. The first-order chi connectivity index (χ1) is 6.68. The van der Waals surface area contributed by atoms with Crippen LogP contribution < -0.4 is 0 Å². The second kappa shape index (κ2) is 9.22. The Kier molecular flexibility index (Phi) is 9.00. The number of hydrogen-bond donors (Lipinski definition) is 2. The van der Waals surface area contributed by atoms with Gasteiger partial charge in [-0.3, -0.25) is 0 Å². The molecule has 0 aromatic heterocycles. The maximum Gasteiger partial charge on any atom is 0.0977 e. The van der Waals surface area contributed by atoms with E-state index in [-0.39, 0.29) is 0 Å². The van der Waals surface area contributed by atoms with Crippen LogP contribution in [0, 0.1) is 0 Å². The Bertz CT molecular complexity index is 141. The Morgan fingerprint density at radius 1 is 1.07 bits per heavy atom. The van der Waals surface area contributed by atoms with E-state index < -0.39 is 12.2 Å². The van der Waals surface area contributed by atoms with Crippen LogP contribution >= 0.6 is 0 Å². The summed E-state index contributed by atoms with van der Waals surface area (Å²) >= 11 is 0. The highest BCUT2D eigenvalue weighted by Gasteiger charge is 2.04. The minimum absolute atomic E-state index is 0.661. The molecule has 84 valence electrons. The summed E-state index contributed by atoms with van der Waals surface area (Å²) in [7, 11) is 0. The summed E-state index contributed by atoms with van der Waals surface area (Å²) in [5, 5.41) is 18.2. The summed E-state index contributed by atoms with van der Waals surface area (Å²) in [6.45, 7) is 3.80. The third-order valence-electron chi connectivity index (χ3n) is 2.30. The Hall–Kier alpha value is -0.340. The molecule has 0 heterocycles. The lowest BCUT2D eigenvalue weighted by molar-refractivity contribution is 0.0617. The van der Waals surface area contributed by atoms with Crippen LogP contribution in [0.5, 0.6) is 0 Å². The van der Waals surface area contributed by atoms with Crippen LogP contribution in [0.3, 0.4) is 0 Å². The third kappa shape index (κ3) is 8.27. The normalized spacial score (nSPS) is 16.0. The molecule has 2 atom stereocenters. The van der Waals surface area contributed by atoms with E-state index in [2.05, 4.69) is 6.92 Å². The zero-order chi connectivity index (χ0) is 10.8. The number of allylic oxidation sites excluding steroid dienone is 1. The summed E-state index contributed by atoms with van der Waals surface area (Å²) in [6.07, 6.45) is 9.64. The van der Waals surface area contributed by atoms with Crippen molar-refractivity contribution in [3.8, 4) is 0 Å². The summed E-state index contributed by atoms with van der Waals surface area (Å²) in [4.78, 5) is 0. The zero-order valence-corrected chi connectivity index (χ0v) is 9.45. The Morgan fingerprint density at radius 3 is 2.29 bits per heavy atom. The molecule has 14 heavy (non-hydrogen) atoms. The topological polar surface area (TPSA) is 40.5 Å². The predicted molar refractivity (Wildman–Crippen MR) is 60.2 cm³/mol. The lowest BCUT2D eigenvalue weighted by atomic mass is 10.1. The molecule has 0 aromatic carbocycles. The average molecular weight is 200 g/mol. The van der Waals surface area contributed by atoms with Crippen LogP contribution in [0.4, 0.5) is 0 Å². The minimum Gasteiger partial charge on any atom is -0.390 e. The molecule has 0 fully saturated rings. The van der Waals surface area contributed by atoms with E-state index >= 15 is 0 Å². The standard InChI is InChI=1S/C12H24O2/c1-3-4-5-6-7-8-9-10-12(14)11(2)13/h9-14H,3-8H2,1-2H3. The van der Waals surface area contributed by atoms with E-state index in [0.29, 0.717) is 0 Å². The molecule has 0 bridgehead atoms. The van der Waals surface area contributed by atoms with Crippen molar-refractivity contribution in [3.05, 3.63) is 12.2 Å². The van der Waals surface area contributed by atoms with E-state index in [1.165, 1.54) is 32.1 Å². The van der Waals surface area contributed by atoms with Gasteiger partial charge in [-0.25, -0.2) is 0 Å². The maximum atomic E-state index is 9.23. The molecule has 2 unspecified atom stereocenters. The fourth-order valence-corrected chi connectivity index (χ4v) is 1.26. The van der Waals surface area contributed by atoms with Crippen LogP contribution in [-0.2, 0) is 0 Å². The largest absolute Gasteiger partial charge is 0.390 e. The first-order valence-electron chi connectivity index (χ1n) is 5.71. The van der Waals surface area contributed by atoms with Gasteiger partial charge in [-0.05, 0) is 19.8 Å². The molecule has 0 saturated carbocycles. The molecule has 0 spiro atoms. The fraction of sp³-hybridized carbons (Fsp3) is 0.833. The number of aliphatic hydroxyl groups excluding tert-OH is 2. The highest BCUT2D eigenvalue weighted by atomic mass is 16.3. The van der Waals surface area contributed by atoms with Gasteiger partial charge in [0.2, 0.25) is 0 Å². The van der Waals surface area contributed by atoms with Crippen LogP contribution in [0.15, 0.2) is 12.2 Å². The molecular weight excluding hydrogens is 176 g/mol. The summed E-state index contributed by atoms with van der Waals surface area (Å²) in [6, 6.07) is 0. The fourth-order valence-electron chi connectivity index (χ4n) is 1.26. The molecule has 2 heteroatoms. The summed E-state index contributed by atoms with van der Waals surface area (Å²) in [5.74, 6) is 0. The Labute approximate surface area is 87.7 Å². The number of hydrogen-bond acceptors (Lipinski definition) is 2. The smallest absolute Gasteiger partial charge is 0.0977 e. The van der Waals surface area contributed by atoms with Crippen LogP contribution in [-0.4, -0.2) is 22.4 Å². The SMILES string of the molecule is CCCCCCCC=CC(O)C(C)O. The van der Waals surface area contributed by atoms with Gasteiger partial charge >= 0.3 is 0 Å². The Balaban J connectivity index is 3.26. The van der Waals surface area contributed by atoms with Crippen LogP contribution in [0.25, 0.3) is 0 Å². The quantitative estimate of drug-likeness (QED) is 0.467. The van der Waals surface area contributed by atoms with Crippen LogP contribution in [0.2, 0.25) is 0 Å². The average Bonchev–Trinajstić information content (AvgIpc) is 2.16. The molecule has 0 radical (unpaired) electrons. The van der Waals surface area contributed by atoms with Gasteiger partial charge in [0.1, 0.15) is 0 Å². The lowest BCUT2D eigenvalue weighted by Gasteiger charge is -2.07. The predicted octanol–water partition coefficient (Wildman–Crippen LogP) is 2.64. The van der Waals surface area contributed by atoms with E-state index in [9.17, 15) is 5.11 Å². The van der Waals surface area contributed by atoms with E-state index in [0.717, 1.165) is 6.42 Å². The lowest BCUT2D eigenvalue weighted by Crippen LogP contribution is -2.19. The summed E-state index contributed by atoms with van der Waals surface area (Å²) < 4.78 is 0. The highest BCUT2D eigenvalue weighted by molar-refractivity contribution is 4.90. The van der Waals surface area contributed by atoms with Crippen molar-refractivity contribution in [3.63, 3.8) is 0 Å². The van der Waals surface area contributed by atoms with Crippen molar-refractivity contribution in [1.29, 1.82) is 0 Å². The maximum absolute atomic E-state index is 9.23. The number of aliphatic hydroxyl groups is 2. The van der Waals surface area contributed by atoms with Crippen molar-refractivity contribution in [2.75, 3.05) is 0 Å². The van der Waals surface area contributed by atoms with Gasteiger partial charge in [-0.2, -0.15) is 0 Å². The van der Waals surface area contributed by atoms with E-state index in [4.69, 9.17) is 5.11 Å². The summed E-state index contributed by atoms with van der Waals surface area (Å²) in [5.41, 5.74) is 0. The molecular formula is C12H24O2. The van der Waals surface area contributed by atoms with Crippen molar-refractivity contribution in [2.24, 2.45) is 0 Å². The van der Waals surface area contributed by atoms with Gasteiger partial charge in [-0.15, -0.1) is 0 Å². The van der Waals surface area contributed by atoms with Gasteiger partial charge in [0.05, 0.1) is 12.2 Å². The van der Waals surface area contributed by atoms with Crippen LogP contribution in [0.1, 0.15) is 52.4 Å². The van der Waals surface area contributed by atoms with Gasteiger partial charge in [0.25, 0.3) is 0 Å². The number of rotatable bonds is 8. The molecule has 0 aliphatic carbocycles. The van der Waals surface area contributed by atoms with Gasteiger partial charge < -0.3 is 10.2 Å². The molecule has 2 nitrogen and oxygen atoms in total. The molecule has 0 aliphatic rings. The third-order valence-corrected chi connectivity index (χ3v) is 2.30. The van der Waals surface area contributed by atoms with Crippen molar-refractivity contribution < 1.29 is 10.2 Å². The molecule has 0 saturated heterocycles. The van der Waals surface area contributed by atoms with E-state index in [1.54, 1.807) is 13.0 Å². The second-order valence-electron chi connectivity index (χ2n) is 3.86. The zero-order valence-electron chi connectivity index (χ0n) is 9.45. The number of unbranched alkanes of at least 4 members (excludes halogenated alkanes) is 5. The van der Waals surface area contributed by atoms with Crippen molar-refractivity contribution >= 4 is 0 Å². The highest BCUT2D eigenvalue weighted by Crippen LogP contribution is 2.06.